The third-order valence-electron chi connectivity index (χ3n) is 4.29. The van der Waals surface area contributed by atoms with Gasteiger partial charge in [-0.25, -0.2) is 9.78 Å². The summed E-state index contributed by atoms with van der Waals surface area (Å²) in [5.74, 6) is 0.286. The number of benzene rings is 1. The van der Waals surface area contributed by atoms with Gasteiger partial charge in [-0.15, -0.1) is 0 Å². The van der Waals surface area contributed by atoms with E-state index in [1.165, 1.54) is 12.6 Å². The van der Waals surface area contributed by atoms with Crippen LogP contribution in [0, 0.1) is 5.92 Å². The lowest BCUT2D eigenvalue weighted by Crippen LogP contribution is -2.41. The fraction of sp³-hybridized carbons (Fsp3) is 0.389. The molecule has 2 amide bonds. The van der Waals surface area contributed by atoms with Crippen LogP contribution in [-0.4, -0.2) is 41.5 Å². The molecule has 1 aliphatic rings. The Hall–Kier alpha value is -2.83. The van der Waals surface area contributed by atoms with E-state index in [4.69, 9.17) is 9.15 Å². The lowest BCUT2D eigenvalue weighted by atomic mass is 9.97. The Labute approximate surface area is 146 Å². The smallest absolute Gasteiger partial charge is 0.410 e. The van der Waals surface area contributed by atoms with Crippen molar-refractivity contribution in [1.29, 1.82) is 0 Å². The van der Waals surface area contributed by atoms with Crippen LogP contribution in [0.4, 0.5) is 4.79 Å². The van der Waals surface area contributed by atoms with Gasteiger partial charge in [-0.1, -0.05) is 30.3 Å². The Kier molecular flexibility index (Phi) is 5.66. The number of nitrogens with one attached hydrogen (secondary N) is 1. The molecular formula is C18H21N3O4. The molecule has 0 radical (unpaired) electrons. The number of piperidine rings is 1. The molecule has 0 bridgehead atoms. The second-order valence-corrected chi connectivity index (χ2v) is 6.05. The summed E-state index contributed by atoms with van der Waals surface area (Å²) >= 11 is 0. The lowest BCUT2D eigenvalue weighted by molar-refractivity contribution is 0.0795. The first kappa shape index (κ1) is 17.0. The van der Waals surface area contributed by atoms with Crippen molar-refractivity contribution in [1.82, 2.24) is 15.2 Å². The molecule has 1 aromatic carbocycles. The molecule has 0 saturated carbocycles. The molecule has 0 aliphatic carbocycles. The number of oxazole rings is 1. The van der Waals surface area contributed by atoms with Gasteiger partial charge in [0.05, 0.1) is 6.20 Å². The molecule has 0 atom stereocenters. The summed E-state index contributed by atoms with van der Waals surface area (Å²) in [6.45, 7) is 2.12. The fourth-order valence-electron chi connectivity index (χ4n) is 2.78. The van der Waals surface area contributed by atoms with Crippen molar-refractivity contribution >= 4 is 12.0 Å². The van der Waals surface area contributed by atoms with Gasteiger partial charge in [-0.2, -0.15) is 0 Å². The van der Waals surface area contributed by atoms with Crippen LogP contribution in [0.15, 0.2) is 47.3 Å². The number of nitrogens with zero attached hydrogens (tertiary/aromatic N) is 2. The van der Waals surface area contributed by atoms with Crippen LogP contribution in [0.25, 0.3) is 0 Å². The number of likely N-dealkylation sites (tertiary alicyclic amines) is 1. The van der Waals surface area contributed by atoms with Gasteiger partial charge in [-0.05, 0) is 24.3 Å². The van der Waals surface area contributed by atoms with Gasteiger partial charge in [-0.3, -0.25) is 4.79 Å². The van der Waals surface area contributed by atoms with Crippen molar-refractivity contribution in [2.24, 2.45) is 5.92 Å². The first-order valence-corrected chi connectivity index (χ1v) is 8.34. The second-order valence-electron chi connectivity index (χ2n) is 6.05. The van der Waals surface area contributed by atoms with E-state index in [1.54, 1.807) is 4.90 Å². The number of hydrogen-bond donors (Lipinski definition) is 1. The zero-order valence-electron chi connectivity index (χ0n) is 13.9. The van der Waals surface area contributed by atoms with Gasteiger partial charge in [0.1, 0.15) is 6.61 Å². The average molecular weight is 343 g/mol. The van der Waals surface area contributed by atoms with Gasteiger partial charge < -0.3 is 19.4 Å². The number of aromatic nitrogens is 1. The minimum Gasteiger partial charge on any atom is -0.445 e. The molecule has 1 fully saturated rings. The maximum atomic E-state index is 12.1. The second kappa shape index (κ2) is 8.32. The monoisotopic (exact) mass is 343 g/mol. The normalized spacial score (nSPS) is 15.0. The quantitative estimate of drug-likeness (QED) is 0.901. The van der Waals surface area contributed by atoms with Crippen LogP contribution in [-0.2, 0) is 11.3 Å². The largest absolute Gasteiger partial charge is 0.445 e. The molecule has 2 aromatic rings. The molecule has 3 rings (SSSR count). The third kappa shape index (κ3) is 4.82. The molecule has 1 saturated heterocycles. The average Bonchev–Trinajstić information content (AvgIpc) is 3.20. The van der Waals surface area contributed by atoms with Crippen LogP contribution in [0.5, 0.6) is 0 Å². The highest BCUT2D eigenvalue weighted by Crippen LogP contribution is 2.17. The number of carbonyl (C=O) groups is 2. The lowest BCUT2D eigenvalue weighted by Gasteiger charge is -2.31. The van der Waals surface area contributed by atoms with Crippen molar-refractivity contribution < 1.29 is 18.7 Å². The first-order chi connectivity index (χ1) is 12.2. The summed E-state index contributed by atoms with van der Waals surface area (Å²) in [5.41, 5.74) is 0.973. The van der Waals surface area contributed by atoms with Crippen LogP contribution in [0.1, 0.15) is 29.0 Å². The zero-order chi connectivity index (χ0) is 17.5. The summed E-state index contributed by atoms with van der Waals surface area (Å²) in [5, 5.41) is 2.84. The van der Waals surface area contributed by atoms with Crippen molar-refractivity contribution in [2.45, 2.75) is 19.4 Å². The minimum absolute atomic E-state index is 0.210. The molecule has 0 spiro atoms. The van der Waals surface area contributed by atoms with Crippen molar-refractivity contribution in [3.05, 3.63) is 54.2 Å². The van der Waals surface area contributed by atoms with E-state index in [-0.39, 0.29) is 24.4 Å². The molecule has 2 heterocycles. The van der Waals surface area contributed by atoms with Gasteiger partial charge in [0.2, 0.25) is 5.76 Å². The SMILES string of the molecule is O=C(NCC1CCN(C(=O)OCc2ccccc2)CC1)c1cnco1. The Morgan fingerprint density at radius 2 is 2.00 bits per heavy atom. The molecule has 1 aromatic heterocycles. The van der Waals surface area contributed by atoms with E-state index >= 15 is 0 Å². The summed E-state index contributed by atoms with van der Waals surface area (Å²) in [6, 6.07) is 9.62. The predicted octanol–water partition coefficient (Wildman–Crippen LogP) is 2.45. The molecule has 1 aliphatic heterocycles. The minimum atomic E-state index is -0.284. The molecule has 0 unspecified atom stereocenters. The van der Waals surface area contributed by atoms with Crippen LogP contribution < -0.4 is 5.32 Å². The van der Waals surface area contributed by atoms with Crippen molar-refractivity contribution in [3.63, 3.8) is 0 Å². The van der Waals surface area contributed by atoms with Gasteiger partial charge in [0.25, 0.3) is 5.91 Å². The number of amides is 2. The Morgan fingerprint density at radius 3 is 2.68 bits per heavy atom. The zero-order valence-corrected chi connectivity index (χ0v) is 13.9. The molecule has 1 N–H and O–H groups in total. The van der Waals surface area contributed by atoms with Crippen LogP contribution in [0.3, 0.4) is 0 Å². The van der Waals surface area contributed by atoms with E-state index in [9.17, 15) is 9.59 Å². The van der Waals surface area contributed by atoms with E-state index in [2.05, 4.69) is 10.3 Å². The molecule has 7 nitrogen and oxygen atoms in total. The summed E-state index contributed by atoms with van der Waals surface area (Å²) in [6.07, 6.45) is 4.00. The first-order valence-electron chi connectivity index (χ1n) is 8.34. The third-order valence-corrected chi connectivity index (χ3v) is 4.29. The summed E-state index contributed by atoms with van der Waals surface area (Å²) < 4.78 is 10.3. The predicted molar refractivity (Wildman–Crippen MR) is 89.8 cm³/mol. The maximum absolute atomic E-state index is 12.1. The van der Waals surface area contributed by atoms with Crippen LogP contribution in [0.2, 0.25) is 0 Å². The standard InChI is InChI=1S/C18H21N3O4/c22-17(16-11-19-13-25-16)20-10-14-6-8-21(9-7-14)18(23)24-12-15-4-2-1-3-5-15/h1-5,11,13-14H,6-10,12H2,(H,20,22). The van der Waals surface area contributed by atoms with Gasteiger partial charge in [0, 0.05) is 19.6 Å². The molecule has 25 heavy (non-hydrogen) atoms. The van der Waals surface area contributed by atoms with E-state index in [0.29, 0.717) is 25.6 Å². The Balaban J connectivity index is 1.36. The number of ether oxygens (including phenoxy) is 1. The van der Waals surface area contributed by atoms with E-state index in [1.807, 2.05) is 30.3 Å². The van der Waals surface area contributed by atoms with Gasteiger partial charge in [0.15, 0.2) is 6.39 Å². The topological polar surface area (TPSA) is 84.7 Å². The highest BCUT2D eigenvalue weighted by molar-refractivity contribution is 5.90. The Morgan fingerprint density at radius 1 is 1.24 bits per heavy atom. The summed E-state index contributed by atoms with van der Waals surface area (Å²) in [7, 11) is 0. The van der Waals surface area contributed by atoms with Gasteiger partial charge >= 0.3 is 6.09 Å². The molecule has 132 valence electrons. The highest BCUT2D eigenvalue weighted by Gasteiger charge is 2.24. The maximum Gasteiger partial charge on any atom is 0.410 e. The number of carbonyl (C=O) groups excluding carboxylic acids is 2. The number of rotatable bonds is 5. The van der Waals surface area contributed by atoms with Crippen LogP contribution >= 0.6 is 0 Å². The highest BCUT2D eigenvalue weighted by atomic mass is 16.6. The van der Waals surface area contributed by atoms with E-state index < -0.39 is 0 Å². The Bertz CT molecular complexity index is 680. The summed E-state index contributed by atoms with van der Waals surface area (Å²) in [4.78, 5) is 29.4. The fourth-order valence-corrected chi connectivity index (χ4v) is 2.78. The molecule has 7 heteroatoms. The van der Waals surface area contributed by atoms with Crippen molar-refractivity contribution in [2.75, 3.05) is 19.6 Å². The number of hydrogen-bond acceptors (Lipinski definition) is 5. The van der Waals surface area contributed by atoms with Crippen molar-refractivity contribution in [3.8, 4) is 0 Å². The van der Waals surface area contributed by atoms with E-state index in [0.717, 1.165) is 18.4 Å². The molecular weight excluding hydrogens is 322 g/mol.